The summed E-state index contributed by atoms with van der Waals surface area (Å²) in [6.07, 6.45) is 3.53. The van der Waals surface area contributed by atoms with Gasteiger partial charge < -0.3 is 14.6 Å². The molecule has 64 valence electrons. The molecule has 11 heavy (non-hydrogen) atoms. The van der Waals surface area contributed by atoms with Gasteiger partial charge in [0.1, 0.15) is 6.10 Å². The second-order valence-electron chi connectivity index (χ2n) is 3.30. The van der Waals surface area contributed by atoms with Gasteiger partial charge in [-0.1, -0.05) is 0 Å². The Labute approximate surface area is 66.3 Å². The third-order valence-electron chi connectivity index (χ3n) is 2.46. The van der Waals surface area contributed by atoms with Gasteiger partial charge >= 0.3 is 0 Å². The van der Waals surface area contributed by atoms with Gasteiger partial charge in [0, 0.05) is 13.0 Å². The van der Waals surface area contributed by atoms with Crippen molar-refractivity contribution in [3.8, 4) is 0 Å². The van der Waals surface area contributed by atoms with Crippen molar-refractivity contribution < 1.29 is 14.6 Å². The lowest BCUT2D eigenvalue weighted by molar-refractivity contribution is -0.306. The molecule has 0 aliphatic carbocycles. The minimum atomic E-state index is -0.948. The van der Waals surface area contributed by atoms with E-state index in [0.29, 0.717) is 6.61 Å². The molecule has 2 rings (SSSR count). The van der Waals surface area contributed by atoms with Crippen LogP contribution in [0.4, 0.5) is 0 Å². The van der Waals surface area contributed by atoms with Gasteiger partial charge in [0.25, 0.3) is 0 Å². The topological polar surface area (TPSA) is 38.7 Å². The van der Waals surface area contributed by atoms with E-state index in [1.54, 1.807) is 0 Å². The number of aliphatic hydroxyl groups is 1. The van der Waals surface area contributed by atoms with Gasteiger partial charge in [-0.25, -0.2) is 0 Å². The van der Waals surface area contributed by atoms with Gasteiger partial charge in [-0.15, -0.1) is 0 Å². The first kappa shape index (κ1) is 7.53. The monoisotopic (exact) mass is 158 g/mol. The van der Waals surface area contributed by atoms with Crippen molar-refractivity contribution in [3.05, 3.63) is 0 Å². The molecular weight excluding hydrogens is 144 g/mol. The molecule has 0 saturated carbocycles. The van der Waals surface area contributed by atoms with Crippen molar-refractivity contribution in [2.24, 2.45) is 0 Å². The van der Waals surface area contributed by atoms with E-state index in [1.165, 1.54) is 0 Å². The molecule has 2 aliphatic rings. The molecule has 3 heteroatoms. The summed E-state index contributed by atoms with van der Waals surface area (Å²) in [6.45, 7) is 1.45. The summed E-state index contributed by atoms with van der Waals surface area (Å²) in [5, 5.41) is 9.84. The molecule has 2 atom stereocenters. The molecule has 0 amide bonds. The number of fused-ring (bicyclic) bond motifs is 1. The van der Waals surface area contributed by atoms with E-state index in [9.17, 15) is 5.11 Å². The van der Waals surface area contributed by atoms with E-state index in [1.807, 2.05) is 0 Å². The van der Waals surface area contributed by atoms with Crippen LogP contribution in [0, 0.1) is 0 Å². The maximum atomic E-state index is 9.84. The van der Waals surface area contributed by atoms with Crippen LogP contribution in [0.15, 0.2) is 0 Å². The summed E-state index contributed by atoms with van der Waals surface area (Å²) in [5.74, 6) is -0.948. The van der Waals surface area contributed by atoms with Gasteiger partial charge in [-0.2, -0.15) is 0 Å². The summed E-state index contributed by atoms with van der Waals surface area (Å²) >= 11 is 0. The lowest BCUT2D eigenvalue weighted by Gasteiger charge is -2.42. The smallest absolute Gasteiger partial charge is 0.192 e. The summed E-state index contributed by atoms with van der Waals surface area (Å²) in [7, 11) is 0. The largest absolute Gasteiger partial charge is 0.373 e. The van der Waals surface area contributed by atoms with Crippen molar-refractivity contribution in [2.45, 2.75) is 37.6 Å². The number of ether oxygens (including phenoxy) is 2. The van der Waals surface area contributed by atoms with Crippen molar-refractivity contribution >= 4 is 0 Å². The molecule has 2 fully saturated rings. The molecule has 1 N–H and O–H groups in total. The molecular formula is C8H14O3. The minimum Gasteiger partial charge on any atom is -0.373 e. The van der Waals surface area contributed by atoms with E-state index in [-0.39, 0.29) is 6.10 Å². The lowest BCUT2D eigenvalue weighted by atomic mass is 9.95. The highest BCUT2D eigenvalue weighted by molar-refractivity contribution is 4.84. The van der Waals surface area contributed by atoms with Gasteiger partial charge in [0.2, 0.25) is 0 Å². The Balaban J connectivity index is 2.06. The predicted molar refractivity (Wildman–Crippen MR) is 39.1 cm³/mol. The van der Waals surface area contributed by atoms with E-state index in [4.69, 9.17) is 9.47 Å². The molecule has 0 spiro atoms. The van der Waals surface area contributed by atoms with E-state index in [2.05, 4.69) is 0 Å². The maximum absolute atomic E-state index is 9.84. The minimum absolute atomic E-state index is 0.0648. The fraction of sp³-hybridized carbons (Fsp3) is 1.00. The molecule has 0 aromatic heterocycles. The van der Waals surface area contributed by atoms with Crippen molar-refractivity contribution in [1.29, 1.82) is 0 Å². The highest BCUT2D eigenvalue weighted by atomic mass is 16.7. The van der Waals surface area contributed by atoms with Gasteiger partial charge in [-0.3, -0.25) is 0 Å². The highest BCUT2D eigenvalue weighted by Crippen LogP contribution is 2.32. The second kappa shape index (κ2) is 2.73. The summed E-state index contributed by atoms with van der Waals surface area (Å²) in [4.78, 5) is 0. The Morgan fingerprint density at radius 2 is 2.18 bits per heavy atom. The molecule has 2 saturated heterocycles. The molecule has 0 aromatic carbocycles. The molecule has 2 aliphatic heterocycles. The fourth-order valence-electron chi connectivity index (χ4n) is 1.83. The number of hydrogen-bond acceptors (Lipinski definition) is 3. The lowest BCUT2D eigenvalue weighted by Crippen LogP contribution is -2.52. The van der Waals surface area contributed by atoms with E-state index < -0.39 is 5.79 Å². The third kappa shape index (κ3) is 1.28. The zero-order chi connectivity index (χ0) is 7.73. The Kier molecular flexibility index (Phi) is 1.87. The summed E-state index contributed by atoms with van der Waals surface area (Å²) in [5.41, 5.74) is 0. The molecule has 0 unspecified atom stereocenters. The molecule has 2 heterocycles. The fourth-order valence-corrected chi connectivity index (χ4v) is 1.83. The van der Waals surface area contributed by atoms with Crippen LogP contribution in [-0.4, -0.2) is 30.2 Å². The van der Waals surface area contributed by atoms with Crippen LogP contribution in [0.2, 0.25) is 0 Å². The van der Waals surface area contributed by atoms with Crippen LogP contribution in [0.3, 0.4) is 0 Å². The van der Waals surface area contributed by atoms with Gasteiger partial charge in [-0.05, 0) is 19.3 Å². The number of rotatable bonds is 0. The first-order chi connectivity index (χ1) is 5.31. The van der Waals surface area contributed by atoms with Gasteiger partial charge in [0.15, 0.2) is 5.79 Å². The van der Waals surface area contributed by atoms with Crippen LogP contribution in [0.25, 0.3) is 0 Å². The second-order valence-corrected chi connectivity index (χ2v) is 3.30. The molecule has 3 nitrogen and oxygen atoms in total. The SMILES string of the molecule is O[C@@]12CCCO[C@@H]1CCCO2. The average molecular weight is 158 g/mol. The normalized spacial score (nSPS) is 45.0. The van der Waals surface area contributed by atoms with Crippen LogP contribution < -0.4 is 0 Å². The standard InChI is InChI=1S/C8H14O3/c9-8-4-2-5-10-7(8)3-1-6-11-8/h7,9H,1-6H2/t7-,8-/m1/s1. The van der Waals surface area contributed by atoms with Crippen molar-refractivity contribution in [2.75, 3.05) is 13.2 Å². The summed E-state index contributed by atoms with van der Waals surface area (Å²) < 4.78 is 10.7. The van der Waals surface area contributed by atoms with Crippen molar-refractivity contribution in [3.63, 3.8) is 0 Å². The predicted octanol–water partition coefficient (Wildman–Crippen LogP) is 0.664. The zero-order valence-corrected chi connectivity index (χ0v) is 6.58. The Bertz CT molecular complexity index is 134. The first-order valence-electron chi connectivity index (χ1n) is 4.29. The van der Waals surface area contributed by atoms with Crippen LogP contribution in [-0.2, 0) is 9.47 Å². The average Bonchev–Trinajstić information content (AvgIpc) is 2.03. The number of hydrogen-bond donors (Lipinski definition) is 1. The highest BCUT2D eigenvalue weighted by Gasteiger charge is 2.42. The molecule has 0 aromatic rings. The molecule has 0 bridgehead atoms. The van der Waals surface area contributed by atoms with Crippen molar-refractivity contribution in [1.82, 2.24) is 0 Å². The summed E-state index contributed by atoms with van der Waals surface area (Å²) in [6, 6.07) is 0. The Morgan fingerprint density at radius 1 is 1.27 bits per heavy atom. The van der Waals surface area contributed by atoms with E-state index in [0.717, 1.165) is 32.3 Å². The van der Waals surface area contributed by atoms with E-state index >= 15 is 0 Å². The van der Waals surface area contributed by atoms with Gasteiger partial charge in [0.05, 0.1) is 6.61 Å². The van der Waals surface area contributed by atoms with Crippen LogP contribution in [0.5, 0.6) is 0 Å². The Hall–Kier alpha value is -0.120. The Morgan fingerprint density at radius 3 is 3.00 bits per heavy atom. The van der Waals surface area contributed by atoms with Crippen LogP contribution >= 0.6 is 0 Å². The molecule has 0 radical (unpaired) electrons. The first-order valence-corrected chi connectivity index (χ1v) is 4.29. The zero-order valence-electron chi connectivity index (χ0n) is 6.58. The third-order valence-corrected chi connectivity index (χ3v) is 2.46. The maximum Gasteiger partial charge on any atom is 0.192 e. The quantitative estimate of drug-likeness (QED) is 0.563. The van der Waals surface area contributed by atoms with Crippen LogP contribution in [0.1, 0.15) is 25.7 Å².